The average molecular weight is 435 g/mol. The summed E-state index contributed by atoms with van der Waals surface area (Å²) in [6.45, 7) is 5.37. The van der Waals surface area contributed by atoms with Crippen LogP contribution in [0.1, 0.15) is 44.8 Å². The van der Waals surface area contributed by atoms with Crippen LogP contribution in [-0.2, 0) is 11.2 Å². The van der Waals surface area contributed by atoms with E-state index >= 15 is 0 Å². The van der Waals surface area contributed by atoms with E-state index in [1.807, 2.05) is 12.1 Å². The van der Waals surface area contributed by atoms with Gasteiger partial charge in [-0.15, -0.1) is 24.0 Å². The van der Waals surface area contributed by atoms with Crippen LogP contribution in [0.15, 0.2) is 27.8 Å². The Morgan fingerprint density at radius 3 is 2.87 bits per heavy atom. The van der Waals surface area contributed by atoms with E-state index in [9.17, 15) is 0 Å². The molecule has 1 aliphatic rings. The van der Waals surface area contributed by atoms with Crippen LogP contribution >= 0.6 is 24.0 Å². The van der Waals surface area contributed by atoms with Gasteiger partial charge >= 0.3 is 0 Å². The Bertz CT molecular complexity index is 417. The van der Waals surface area contributed by atoms with Crippen LogP contribution in [0.25, 0.3) is 0 Å². The highest BCUT2D eigenvalue weighted by Gasteiger charge is 2.14. The average Bonchev–Trinajstić information content (AvgIpc) is 3.20. The van der Waals surface area contributed by atoms with Gasteiger partial charge in [-0.2, -0.15) is 0 Å². The van der Waals surface area contributed by atoms with E-state index in [0.29, 0.717) is 6.10 Å². The van der Waals surface area contributed by atoms with Gasteiger partial charge in [0.15, 0.2) is 5.96 Å². The van der Waals surface area contributed by atoms with E-state index in [4.69, 9.17) is 9.15 Å². The van der Waals surface area contributed by atoms with Gasteiger partial charge in [0.2, 0.25) is 0 Å². The van der Waals surface area contributed by atoms with Crippen molar-refractivity contribution in [2.75, 3.05) is 26.2 Å². The molecule has 0 spiro atoms. The minimum absolute atomic E-state index is 0. The molecular weight excluding hydrogens is 405 g/mol. The number of furan rings is 1. The lowest BCUT2D eigenvalue weighted by Gasteiger charge is -2.12. The first kappa shape index (κ1) is 20.3. The van der Waals surface area contributed by atoms with Gasteiger partial charge in [0.1, 0.15) is 5.76 Å². The molecule has 0 amide bonds. The fraction of sp³-hybridized carbons (Fsp3) is 0.706. The number of nitrogens with one attached hydrogen (secondary N) is 2. The third-order valence-corrected chi connectivity index (χ3v) is 3.82. The molecule has 0 aromatic carbocycles. The highest BCUT2D eigenvalue weighted by atomic mass is 127. The molecule has 1 fully saturated rings. The molecular formula is C17H30IN3O2. The Morgan fingerprint density at radius 1 is 1.35 bits per heavy atom. The third-order valence-electron chi connectivity index (χ3n) is 3.82. The zero-order chi connectivity index (χ0) is 15.5. The van der Waals surface area contributed by atoms with Gasteiger partial charge in [-0.3, -0.25) is 4.99 Å². The summed E-state index contributed by atoms with van der Waals surface area (Å²) in [6, 6.07) is 3.91. The quantitative estimate of drug-likeness (QED) is 0.270. The van der Waals surface area contributed by atoms with Gasteiger partial charge in [0.05, 0.1) is 12.4 Å². The minimum Gasteiger partial charge on any atom is -0.469 e. The fourth-order valence-electron chi connectivity index (χ4n) is 2.66. The molecule has 0 aliphatic heterocycles. The second kappa shape index (κ2) is 12.6. The van der Waals surface area contributed by atoms with E-state index in [2.05, 4.69) is 22.5 Å². The topological polar surface area (TPSA) is 58.8 Å². The predicted octanol–water partition coefficient (Wildman–Crippen LogP) is 3.34. The van der Waals surface area contributed by atoms with E-state index in [0.717, 1.165) is 50.8 Å². The molecule has 1 aliphatic carbocycles. The van der Waals surface area contributed by atoms with Crippen molar-refractivity contribution in [1.29, 1.82) is 0 Å². The number of halogens is 1. The molecule has 2 N–H and O–H groups in total. The lowest BCUT2D eigenvalue weighted by molar-refractivity contribution is 0.0579. The summed E-state index contributed by atoms with van der Waals surface area (Å²) in [7, 11) is 0. The zero-order valence-electron chi connectivity index (χ0n) is 14.1. The van der Waals surface area contributed by atoms with E-state index < -0.39 is 0 Å². The summed E-state index contributed by atoms with van der Waals surface area (Å²) in [4.78, 5) is 4.58. The largest absolute Gasteiger partial charge is 0.469 e. The highest BCUT2D eigenvalue weighted by Crippen LogP contribution is 2.20. The molecule has 1 saturated carbocycles. The minimum atomic E-state index is 0. The molecule has 6 heteroatoms. The van der Waals surface area contributed by atoms with Crippen LogP contribution in [0, 0.1) is 0 Å². The van der Waals surface area contributed by atoms with Crippen molar-refractivity contribution in [3.05, 3.63) is 24.2 Å². The molecule has 0 radical (unpaired) electrons. The van der Waals surface area contributed by atoms with Crippen LogP contribution in [0.2, 0.25) is 0 Å². The van der Waals surface area contributed by atoms with Crippen molar-refractivity contribution in [2.45, 2.75) is 51.6 Å². The summed E-state index contributed by atoms with van der Waals surface area (Å²) >= 11 is 0. The molecule has 0 bridgehead atoms. The number of guanidine groups is 1. The van der Waals surface area contributed by atoms with Gasteiger partial charge in [0.25, 0.3) is 0 Å². The Morgan fingerprint density at radius 2 is 2.17 bits per heavy atom. The summed E-state index contributed by atoms with van der Waals surface area (Å²) in [5.41, 5.74) is 0. The second-order valence-electron chi connectivity index (χ2n) is 5.65. The first-order valence-electron chi connectivity index (χ1n) is 8.54. The van der Waals surface area contributed by atoms with Crippen molar-refractivity contribution in [3.8, 4) is 0 Å². The maximum Gasteiger partial charge on any atom is 0.191 e. The number of hydrogen-bond acceptors (Lipinski definition) is 3. The normalized spacial score (nSPS) is 15.4. The molecule has 0 atom stereocenters. The van der Waals surface area contributed by atoms with E-state index in [1.54, 1.807) is 6.26 Å². The van der Waals surface area contributed by atoms with Crippen LogP contribution in [0.3, 0.4) is 0 Å². The molecule has 23 heavy (non-hydrogen) atoms. The molecule has 132 valence electrons. The van der Waals surface area contributed by atoms with Gasteiger partial charge < -0.3 is 19.8 Å². The number of aliphatic imine (C=N–C) groups is 1. The van der Waals surface area contributed by atoms with Gasteiger partial charge in [-0.05, 0) is 38.3 Å². The van der Waals surface area contributed by atoms with Gasteiger partial charge in [-0.1, -0.05) is 12.8 Å². The van der Waals surface area contributed by atoms with Crippen LogP contribution < -0.4 is 10.6 Å². The van der Waals surface area contributed by atoms with Crippen molar-refractivity contribution < 1.29 is 9.15 Å². The molecule has 1 aromatic heterocycles. The standard InChI is InChI=1S/C17H29N3O2.HI/c1-2-18-17(20-12-10-16-9-5-13-21-16)19-11-6-14-22-15-7-3-4-8-15;/h5,9,13,15H,2-4,6-8,10-12,14H2,1H3,(H2,18,19,20);1H. The third kappa shape index (κ3) is 8.60. The second-order valence-corrected chi connectivity index (χ2v) is 5.65. The number of nitrogens with zero attached hydrogens (tertiary/aromatic N) is 1. The molecule has 2 rings (SSSR count). The Balaban J connectivity index is 0.00000264. The molecule has 0 saturated heterocycles. The molecule has 0 unspecified atom stereocenters. The lowest BCUT2D eigenvalue weighted by Crippen LogP contribution is -2.38. The first-order chi connectivity index (χ1) is 10.9. The SMILES string of the molecule is CCNC(=NCCCOC1CCCC1)NCCc1ccco1.I. The van der Waals surface area contributed by atoms with Gasteiger partial charge in [-0.25, -0.2) is 0 Å². The summed E-state index contributed by atoms with van der Waals surface area (Å²) in [5, 5.41) is 6.59. The zero-order valence-corrected chi connectivity index (χ0v) is 16.4. The van der Waals surface area contributed by atoms with Gasteiger partial charge in [0, 0.05) is 32.7 Å². The van der Waals surface area contributed by atoms with E-state index in [-0.39, 0.29) is 24.0 Å². The highest BCUT2D eigenvalue weighted by molar-refractivity contribution is 14.0. The first-order valence-corrected chi connectivity index (χ1v) is 8.54. The Labute approximate surface area is 156 Å². The Hall–Kier alpha value is -0.760. The number of hydrogen-bond donors (Lipinski definition) is 2. The molecule has 5 nitrogen and oxygen atoms in total. The van der Waals surface area contributed by atoms with Crippen LogP contribution in [-0.4, -0.2) is 38.3 Å². The number of ether oxygens (including phenoxy) is 1. The van der Waals surface area contributed by atoms with Crippen molar-refractivity contribution in [3.63, 3.8) is 0 Å². The summed E-state index contributed by atoms with van der Waals surface area (Å²) in [5.74, 6) is 1.86. The van der Waals surface area contributed by atoms with Crippen LogP contribution in [0.4, 0.5) is 0 Å². The van der Waals surface area contributed by atoms with Crippen molar-refractivity contribution in [1.82, 2.24) is 10.6 Å². The predicted molar refractivity (Wildman–Crippen MR) is 105 cm³/mol. The van der Waals surface area contributed by atoms with Crippen molar-refractivity contribution >= 4 is 29.9 Å². The lowest BCUT2D eigenvalue weighted by atomic mass is 10.3. The summed E-state index contributed by atoms with van der Waals surface area (Å²) in [6.07, 6.45) is 9.18. The summed E-state index contributed by atoms with van der Waals surface area (Å²) < 4.78 is 11.2. The van der Waals surface area contributed by atoms with E-state index in [1.165, 1.54) is 25.7 Å². The smallest absolute Gasteiger partial charge is 0.191 e. The van der Waals surface area contributed by atoms with Crippen molar-refractivity contribution in [2.24, 2.45) is 4.99 Å². The van der Waals surface area contributed by atoms with Crippen LogP contribution in [0.5, 0.6) is 0 Å². The molecule has 1 heterocycles. The fourth-order valence-corrected chi connectivity index (χ4v) is 2.66. The maximum absolute atomic E-state index is 5.85. The molecule has 1 aromatic rings. The number of rotatable bonds is 9. The Kier molecular flexibility index (Phi) is 11.1. The maximum atomic E-state index is 5.85. The monoisotopic (exact) mass is 435 g/mol.